The zero-order valence-electron chi connectivity index (χ0n) is 10.9. The maximum atomic E-state index is 13.3. The van der Waals surface area contributed by atoms with Gasteiger partial charge < -0.3 is 15.5 Å². The van der Waals surface area contributed by atoms with E-state index in [1.807, 2.05) is 0 Å². The van der Waals surface area contributed by atoms with E-state index in [4.69, 9.17) is 10.2 Å². The molecule has 0 aliphatic carbocycles. The first-order valence-electron chi connectivity index (χ1n) is 5.86. The number of oxazole rings is 1. The highest BCUT2D eigenvalue weighted by molar-refractivity contribution is 5.94. The van der Waals surface area contributed by atoms with E-state index in [0.717, 1.165) is 12.1 Å². The van der Waals surface area contributed by atoms with E-state index in [-0.39, 0.29) is 5.56 Å². The average Bonchev–Trinajstić information content (AvgIpc) is 2.82. The van der Waals surface area contributed by atoms with Crippen LogP contribution in [0.2, 0.25) is 0 Å². The summed E-state index contributed by atoms with van der Waals surface area (Å²) in [6.07, 6.45) is 1.51. The number of nitrogen functional groups attached to an aromatic ring is 1. The van der Waals surface area contributed by atoms with Crippen molar-refractivity contribution in [2.75, 3.05) is 5.73 Å². The molecule has 0 bridgehead atoms. The summed E-state index contributed by atoms with van der Waals surface area (Å²) in [6.45, 7) is 3.36. The second-order valence-corrected chi connectivity index (χ2v) is 4.36. The Morgan fingerprint density at radius 2 is 2.00 bits per heavy atom. The molecule has 5 nitrogen and oxygen atoms in total. The van der Waals surface area contributed by atoms with Crippen molar-refractivity contribution < 1.29 is 18.0 Å². The molecule has 3 N–H and O–H groups in total. The first-order chi connectivity index (χ1) is 9.38. The first kappa shape index (κ1) is 14.0. The van der Waals surface area contributed by atoms with Gasteiger partial charge in [0, 0.05) is 5.56 Å². The third-order valence-corrected chi connectivity index (χ3v) is 2.70. The number of nitrogens with zero attached hydrogens (tertiary/aromatic N) is 1. The molecule has 1 unspecified atom stereocenters. The molecule has 1 atom stereocenters. The molecule has 1 aromatic carbocycles. The maximum Gasteiger partial charge on any atom is 0.252 e. The SMILES string of the molecule is Cc1cnc(C(C)NC(=O)c2cc(F)c(N)c(F)c2)o1. The van der Waals surface area contributed by atoms with Gasteiger partial charge in [-0.1, -0.05) is 0 Å². The Morgan fingerprint density at radius 1 is 1.40 bits per heavy atom. The van der Waals surface area contributed by atoms with Gasteiger partial charge in [0.15, 0.2) is 0 Å². The number of nitrogens with two attached hydrogens (primary N) is 1. The summed E-state index contributed by atoms with van der Waals surface area (Å²) in [4.78, 5) is 15.9. The van der Waals surface area contributed by atoms with Crippen LogP contribution in [0.25, 0.3) is 0 Å². The Kier molecular flexibility index (Phi) is 3.69. The Labute approximate surface area is 113 Å². The van der Waals surface area contributed by atoms with Gasteiger partial charge in [-0.2, -0.15) is 0 Å². The van der Waals surface area contributed by atoms with Crippen LogP contribution in [0.3, 0.4) is 0 Å². The van der Waals surface area contributed by atoms with Crippen LogP contribution >= 0.6 is 0 Å². The highest BCUT2D eigenvalue weighted by Crippen LogP contribution is 2.18. The van der Waals surface area contributed by atoms with Gasteiger partial charge in [0.1, 0.15) is 29.1 Å². The van der Waals surface area contributed by atoms with Crippen molar-refractivity contribution >= 4 is 11.6 Å². The number of anilines is 1. The first-order valence-corrected chi connectivity index (χ1v) is 5.86. The predicted molar refractivity (Wildman–Crippen MR) is 67.9 cm³/mol. The van der Waals surface area contributed by atoms with E-state index < -0.39 is 29.3 Å². The lowest BCUT2D eigenvalue weighted by molar-refractivity contribution is 0.0933. The van der Waals surface area contributed by atoms with Crippen molar-refractivity contribution in [2.24, 2.45) is 0 Å². The molecule has 0 radical (unpaired) electrons. The topological polar surface area (TPSA) is 81.2 Å². The summed E-state index contributed by atoms with van der Waals surface area (Å²) in [5.74, 6) is -1.69. The fraction of sp³-hybridized carbons (Fsp3) is 0.231. The molecular formula is C13H13F2N3O2. The summed E-state index contributed by atoms with van der Waals surface area (Å²) >= 11 is 0. The molecule has 7 heteroatoms. The number of hydrogen-bond donors (Lipinski definition) is 2. The van der Waals surface area contributed by atoms with Gasteiger partial charge in [0.2, 0.25) is 5.89 Å². The Balaban J connectivity index is 2.16. The number of hydrogen-bond acceptors (Lipinski definition) is 4. The number of rotatable bonds is 3. The van der Waals surface area contributed by atoms with Gasteiger partial charge in [-0.25, -0.2) is 13.8 Å². The number of benzene rings is 1. The second-order valence-electron chi connectivity index (χ2n) is 4.36. The minimum atomic E-state index is -0.977. The number of aromatic nitrogens is 1. The molecule has 1 amide bonds. The fourth-order valence-corrected chi connectivity index (χ4v) is 1.63. The molecule has 0 saturated carbocycles. The smallest absolute Gasteiger partial charge is 0.252 e. The zero-order chi connectivity index (χ0) is 14.9. The quantitative estimate of drug-likeness (QED) is 0.846. The van der Waals surface area contributed by atoms with E-state index in [0.29, 0.717) is 11.7 Å². The normalized spacial score (nSPS) is 12.2. The van der Waals surface area contributed by atoms with Crippen LogP contribution in [0.5, 0.6) is 0 Å². The summed E-state index contributed by atoms with van der Waals surface area (Å²) in [5, 5.41) is 2.53. The van der Waals surface area contributed by atoms with Crippen molar-refractivity contribution in [1.29, 1.82) is 0 Å². The van der Waals surface area contributed by atoms with E-state index in [2.05, 4.69) is 10.3 Å². The van der Waals surface area contributed by atoms with E-state index >= 15 is 0 Å². The highest BCUT2D eigenvalue weighted by atomic mass is 19.1. The summed E-state index contributed by atoms with van der Waals surface area (Å²) in [7, 11) is 0. The summed E-state index contributed by atoms with van der Waals surface area (Å²) in [5.41, 5.74) is 4.36. The van der Waals surface area contributed by atoms with E-state index in [1.54, 1.807) is 13.8 Å². The van der Waals surface area contributed by atoms with Gasteiger partial charge in [-0.3, -0.25) is 4.79 Å². The van der Waals surface area contributed by atoms with Crippen LogP contribution in [0.15, 0.2) is 22.7 Å². The summed E-state index contributed by atoms with van der Waals surface area (Å²) in [6, 6.07) is 1.22. The molecule has 0 saturated heterocycles. The number of aryl methyl sites for hydroxylation is 1. The van der Waals surface area contributed by atoms with Gasteiger partial charge in [-0.05, 0) is 26.0 Å². The number of carbonyl (C=O) groups is 1. The van der Waals surface area contributed by atoms with Crippen molar-refractivity contribution in [2.45, 2.75) is 19.9 Å². The molecule has 1 aromatic heterocycles. The largest absolute Gasteiger partial charge is 0.444 e. The van der Waals surface area contributed by atoms with Crippen molar-refractivity contribution in [3.63, 3.8) is 0 Å². The third-order valence-electron chi connectivity index (χ3n) is 2.70. The van der Waals surface area contributed by atoms with Crippen molar-refractivity contribution in [1.82, 2.24) is 10.3 Å². The molecule has 2 rings (SSSR count). The van der Waals surface area contributed by atoms with Crippen LogP contribution in [-0.4, -0.2) is 10.9 Å². The molecule has 0 aliphatic heterocycles. The zero-order valence-corrected chi connectivity index (χ0v) is 10.9. The third kappa shape index (κ3) is 2.76. The van der Waals surface area contributed by atoms with Crippen LogP contribution in [-0.2, 0) is 0 Å². The average molecular weight is 281 g/mol. The molecule has 2 aromatic rings. The van der Waals surface area contributed by atoms with E-state index in [9.17, 15) is 13.6 Å². The monoisotopic (exact) mass is 281 g/mol. The Bertz CT molecular complexity index is 632. The predicted octanol–water partition coefficient (Wildman–Crippen LogP) is 2.33. The van der Waals surface area contributed by atoms with Crippen LogP contribution in [0.1, 0.15) is 35.0 Å². The van der Waals surface area contributed by atoms with Crippen LogP contribution < -0.4 is 11.1 Å². The number of halogens is 2. The van der Waals surface area contributed by atoms with Gasteiger partial charge >= 0.3 is 0 Å². The molecule has 0 aliphatic rings. The highest BCUT2D eigenvalue weighted by Gasteiger charge is 2.18. The van der Waals surface area contributed by atoms with Gasteiger partial charge in [-0.15, -0.1) is 0 Å². The Morgan fingerprint density at radius 3 is 2.50 bits per heavy atom. The molecule has 20 heavy (non-hydrogen) atoms. The number of amides is 1. The molecule has 0 fully saturated rings. The van der Waals surface area contributed by atoms with Gasteiger partial charge in [0.25, 0.3) is 5.91 Å². The maximum absolute atomic E-state index is 13.3. The van der Waals surface area contributed by atoms with Crippen molar-refractivity contribution in [3.8, 4) is 0 Å². The molecule has 0 spiro atoms. The van der Waals surface area contributed by atoms with Crippen molar-refractivity contribution in [3.05, 3.63) is 47.2 Å². The molecule has 106 valence electrons. The molecular weight excluding hydrogens is 268 g/mol. The fourth-order valence-electron chi connectivity index (χ4n) is 1.63. The molecule has 1 heterocycles. The number of carbonyl (C=O) groups excluding carboxylic acids is 1. The minimum absolute atomic E-state index is 0.163. The standard InChI is InChI=1S/C13H13F2N3O2/c1-6-5-17-13(20-6)7(2)18-12(19)8-3-9(14)11(16)10(15)4-8/h3-5,7H,16H2,1-2H3,(H,18,19). The Hall–Kier alpha value is -2.44. The van der Waals surface area contributed by atoms with Crippen LogP contribution in [0, 0.1) is 18.6 Å². The summed E-state index contributed by atoms with van der Waals surface area (Å²) < 4.78 is 31.8. The lowest BCUT2D eigenvalue weighted by Crippen LogP contribution is -2.27. The lowest BCUT2D eigenvalue weighted by Gasteiger charge is -2.11. The lowest BCUT2D eigenvalue weighted by atomic mass is 10.1. The number of nitrogens with one attached hydrogen (secondary N) is 1. The van der Waals surface area contributed by atoms with Gasteiger partial charge in [0.05, 0.1) is 6.20 Å². The van der Waals surface area contributed by atoms with E-state index in [1.165, 1.54) is 6.20 Å². The second kappa shape index (κ2) is 5.28. The van der Waals surface area contributed by atoms with Crippen LogP contribution in [0.4, 0.5) is 14.5 Å². The minimum Gasteiger partial charge on any atom is -0.444 e.